The summed E-state index contributed by atoms with van der Waals surface area (Å²) >= 11 is 0. The number of aliphatic hydroxyl groups excluding tert-OH is 1. The number of rotatable bonds is 4. The summed E-state index contributed by atoms with van der Waals surface area (Å²) in [5.41, 5.74) is -0.00569. The molecule has 1 saturated carbocycles. The van der Waals surface area contributed by atoms with Gasteiger partial charge in [0.1, 0.15) is 6.10 Å². The minimum atomic E-state index is -0.246. The van der Waals surface area contributed by atoms with Gasteiger partial charge >= 0.3 is 0 Å². The van der Waals surface area contributed by atoms with Crippen LogP contribution in [0.4, 0.5) is 0 Å². The molecular weight excluding hydrogens is 182 g/mol. The third-order valence-corrected chi connectivity index (χ3v) is 3.15. The summed E-state index contributed by atoms with van der Waals surface area (Å²) in [6.45, 7) is 1.48. The Morgan fingerprint density at radius 3 is 2.86 bits per heavy atom. The largest absolute Gasteiger partial charge is 0.396 e. The van der Waals surface area contributed by atoms with Crippen molar-refractivity contribution in [2.45, 2.75) is 31.8 Å². The Morgan fingerprint density at radius 1 is 1.57 bits per heavy atom. The Morgan fingerprint density at radius 2 is 2.36 bits per heavy atom. The Bertz CT molecular complexity index is 219. The molecule has 4 nitrogen and oxygen atoms in total. The molecule has 1 heterocycles. The second kappa shape index (κ2) is 3.87. The number of nitrogens with one attached hydrogen (secondary N) is 1. The van der Waals surface area contributed by atoms with E-state index >= 15 is 0 Å². The Labute approximate surface area is 83.6 Å². The quantitative estimate of drug-likeness (QED) is 0.673. The third-order valence-electron chi connectivity index (χ3n) is 3.15. The van der Waals surface area contributed by atoms with Crippen LogP contribution in [0.25, 0.3) is 0 Å². The lowest BCUT2D eigenvalue weighted by Crippen LogP contribution is -2.38. The van der Waals surface area contributed by atoms with Gasteiger partial charge < -0.3 is 15.2 Å². The highest BCUT2D eigenvalue weighted by molar-refractivity contribution is 5.81. The van der Waals surface area contributed by atoms with E-state index in [4.69, 9.17) is 9.84 Å². The molecule has 2 N–H and O–H groups in total. The van der Waals surface area contributed by atoms with Gasteiger partial charge in [0.2, 0.25) is 5.91 Å². The summed E-state index contributed by atoms with van der Waals surface area (Å²) in [6, 6.07) is 0. The van der Waals surface area contributed by atoms with Crippen LogP contribution < -0.4 is 5.32 Å². The van der Waals surface area contributed by atoms with E-state index in [1.807, 2.05) is 0 Å². The molecule has 4 heteroatoms. The second-order valence-corrected chi connectivity index (χ2v) is 4.38. The number of carbonyl (C=O) groups is 1. The molecule has 80 valence electrons. The van der Waals surface area contributed by atoms with E-state index in [1.54, 1.807) is 0 Å². The third kappa shape index (κ3) is 2.07. The fourth-order valence-corrected chi connectivity index (χ4v) is 1.74. The number of amides is 1. The van der Waals surface area contributed by atoms with Crippen molar-refractivity contribution in [3.05, 3.63) is 0 Å². The SMILES string of the molecule is O=C(NCC1(CO)CC1)C1CCCO1. The van der Waals surface area contributed by atoms with Crippen LogP contribution in [0.1, 0.15) is 25.7 Å². The minimum absolute atomic E-state index is 0.00569. The van der Waals surface area contributed by atoms with Gasteiger partial charge in [0.25, 0.3) is 0 Å². The van der Waals surface area contributed by atoms with E-state index in [0.29, 0.717) is 13.2 Å². The van der Waals surface area contributed by atoms with E-state index in [2.05, 4.69) is 5.32 Å². The topological polar surface area (TPSA) is 58.6 Å². The zero-order chi connectivity index (χ0) is 10.0. The van der Waals surface area contributed by atoms with Crippen molar-refractivity contribution in [2.75, 3.05) is 19.8 Å². The summed E-state index contributed by atoms with van der Waals surface area (Å²) in [6.07, 6.45) is 3.61. The van der Waals surface area contributed by atoms with Crippen molar-refractivity contribution in [1.82, 2.24) is 5.32 Å². The lowest BCUT2D eigenvalue weighted by molar-refractivity contribution is -0.130. The van der Waals surface area contributed by atoms with Gasteiger partial charge in [0, 0.05) is 18.6 Å². The second-order valence-electron chi connectivity index (χ2n) is 4.38. The highest BCUT2D eigenvalue weighted by Crippen LogP contribution is 2.44. The van der Waals surface area contributed by atoms with E-state index in [-0.39, 0.29) is 24.0 Å². The average Bonchev–Trinajstić information content (AvgIpc) is 2.78. The van der Waals surface area contributed by atoms with Crippen LogP contribution in [0.2, 0.25) is 0 Å². The number of ether oxygens (including phenoxy) is 1. The van der Waals surface area contributed by atoms with E-state index in [9.17, 15) is 4.79 Å². The van der Waals surface area contributed by atoms with Gasteiger partial charge in [-0.05, 0) is 25.7 Å². The zero-order valence-corrected chi connectivity index (χ0v) is 8.29. The predicted octanol–water partition coefficient (Wildman–Crippen LogP) is 0.0541. The van der Waals surface area contributed by atoms with Crippen LogP contribution in [-0.4, -0.2) is 36.9 Å². The molecular formula is C10H17NO3. The van der Waals surface area contributed by atoms with Crippen molar-refractivity contribution in [3.63, 3.8) is 0 Å². The molecule has 14 heavy (non-hydrogen) atoms. The molecule has 0 aromatic carbocycles. The molecule has 1 saturated heterocycles. The number of aliphatic hydroxyl groups is 1. The van der Waals surface area contributed by atoms with Crippen LogP contribution in [0.3, 0.4) is 0 Å². The molecule has 1 unspecified atom stereocenters. The van der Waals surface area contributed by atoms with Crippen molar-refractivity contribution >= 4 is 5.91 Å². The Kier molecular flexibility index (Phi) is 2.74. The molecule has 1 amide bonds. The van der Waals surface area contributed by atoms with Gasteiger partial charge in [-0.1, -0.05) is 0 Å². The summed E-state index contributed by atoms with van der Waals surface area (Å²) < 4.78 is 5.26. The minimum Gasteiger partial charge on any atom is -0.396 e. The van der Waals surface area contributed by atoms with Gasteiger partial charge in [0.05, 0.1) is 6.61 Å². The first-order valence-electron chi connectivity index (χ1n) is 5.26. The van der Waals surface area contributed by atoms with Gasteiger partial charge in [-0.3, -0.25) is 4.79 Å². The first-order chi connectivity index (χ1) is 6.76. The van der Waals surface area contributed by atoms with Gasteiger partial charge in [-0.2, -0.15) is 0 Å². The fraction of sp³-hybridized carbons (Fsp3) is 0.900. The molecule has 2 rings (SSSR count). The van der Waals surface area contributed by atoms with E-state index in [0.717, 1.165) is 25.7 Å². The van der Waals surface area contributed by atoms with Crippen LogP contribution in [0.5, 0.6) is 0 Å². The summed E-state index contributed by atoms with van der Waals surface area (Å²) in [4.78, 5) is 11.5. The van der Waals surface area contributed by atoms with Gasteiger partial charge in [-0.15, -0.1) is 0 Å². The van der Waals surface area contributed by atoms with Crippen molar-refractivity contribution < 1.29 is 14.6 Å². The molecule has 0 aromatic heterocycles. The highest BCUT2D eigenvalue weighted by atomic mass is 16.5. The molecule has 1 aliphatic carbocycles. The molecule has 0 aromatic rings. The van der Waals surface area contributed by atoms with Crippen LogP contribution >= 0.6 is 0 Å². The van der Waals surface area contributed by atoms with Gasteiger partial charge in [-0.25, -0.2) is 0 Å². The molecule has 2 aliphatic rings. The molecule has 2 fully saturated rings. The van der Waals surface area contributed by atoms with Crippen LogP contribution in [0.15, 0.2) is 0 Å². The van der Waals surface area contributed by atoms with Crippen molar-refractivity contribution in [2.24, 2.45) is 5.41 Å². The maximum Gasteiger partial charge on any atom is 0.249 e. The lowest BCUT2D eigenvalue weighted by atomic mass is 10.1. The van der Waals surface area contributed by atoms with Crippen LogP contribution in [0, 0.1) is 5.41 Å². The van der Waals surface area contributed by atoms with E-state index < -0.39 is 0 Å². The summed E-state index contributed by atoms with van der Waals surface area (Å²) in [5, 5.41) is 11.9. The maximum atomic E-state index is 11.5. The molecule has 1 atom stereocenters. The molecule has 0 spiro atoms. The fourth-order valence-electron chi connectivity index (χ4n) is 1.74. The summed E-state index contributed by atoms with van der Waals surface area (Å²) in [7, 11) is 0. The number of hydrogen-bond acceptors (Lipinski definition) is 3. The molecule has 0 bridgehead atoms. The lowest BCUT2D eigenvalue weighted by Gasteiger charge is -2.15. The first-order valence-corrected chi connectivity index (χ1v) is 5.26. The van der Waals surface area contributed by atoms with Crippen LogP contribution in [-0.2, 0) is 9.53 Å². The first kappa shape index (κ1) is 9.93. The van der Waals surface area contributed by atoms with E-state index in [1.165, 1.54) is 0 Å². The maximum absolute atomic E-state index is 11.5. The predicted molar refractivity (Wildman–Crippen MR) is 50.7 cm³/mol. The monoisotopic (exact) mass is 199 g/mol. The van der Waals surface area contributed by atoms with Crippen molar-refractivity contribution in [1.29, 1.82) is 0 Å². The smallest absolute Gasteiger partial charge is 0.249 e. The van der Waals surface area contributed by atoms with Crippen molar-refractivity contribution in [3.8, 4) is 0 Å². The standard InChI is InChI=1S/C10H17NO3/c12-7-10(3-4-10)6-11-9(13)8-2-1-5-14-8/h8,12H,1-7H2,(H,11,13). The highest BCUT2D eigenvalue weighted by Gasteiger charge is 2.42. The Hall–Kier alpha value is -0.610. The Balaban J connectivity index is 1.72. The number of hydrogen-bond donors (Lipinski definition) is 2. The summed E-state index contributed by atoms with van der Waals surface area (Å²) in [5.74, 6) is -0.0118. The molecule has 0 radical (unpaired) electrons. The average molecular weight is 199 g/mol. The zero-order valence-electron chi connectivity index (χ0n) is 8.29. The molecule has 1 aliphatic heterocycles. The van der Waals surface area contributed by atoms with Gasteiger partial charge in [0.15, 0.2) is 0 Å². The normalized spacial score (nSPS) is 28.8. The number of carbonyl (C=O) groups excluding carboxylic acids is 1.